The highest BCUT2D eigenvalue weighted by molar-refractivity contribution is 5.92. The monoisotopic (exact) mass is 219 g/mol. The summed E-state index contributed by atoms with van der Waals surface area (Å²) in [7, 11) is 0. The molecule has 0 bridgehead atoms. The van der Waals surface area contributed by atoms with E-state index in [-0.39, 0.29) is 23.4 Å². The van der Waals surface area contributed by atoms with Crippen LogP contribution < -0.4 is 11.1 Å². The minimum absolute atomic E-state index is 0.0234. The number of hydrogen-bond acceptors (Lipinski definition) is 3. The van der Waals surface area contributed by atoms with Gasteiger partial charge in [-0.2, -0.15) is 0 Å². The molecule has 1 heterocycles. The molecule has 0 aliphatic heterocycles. The third-order valence-electron chi connectivity index (χ3n) is 3.55. The summed E-state index contributed by atoms with van der Waals surface area (Å²) in [6.45, 7) is 4.15. The zero-order valence-corrected chi connectivity index (χ0v) is 9.60. The SMILES string of the molecule is CC1(C)C(N)CC1NC(=O)c1ccccn1. The fourth-order valence-electron chi connectivity index (χ4n) is 1.93. The van der Waals surface area contributed by atoms with Crippen molar-refractivity contribution in [1.82, 2.24) is 10.3 Å². The summed E-state index contributed by atoms with van der Waals surface area (Å²) in [6.07, 6.45) is 2.46. The van der Waals surface area contributed by atoms with Crippen LogP contribution in [-0.4, -0.2) is 23.0 Å². The number of nitrogens with zero attached hydrogens (tertiary/aromatic N) is 1. The van der Waals surface area contributed by atoms with Crippen molar-refractivity contribution in [3.8, 4) is 0 Å². The molecule has 86 valence electrons. The van der Waals surface area contributed by atoms with E-state index in [4.69, 9.17) is 5.73 Å². The standard InChI is InChI=1S/C12H17N3O/c1-12(2)9(13)7-10(12)15-11(16)8-5-3-4-6-14-8/h3-6,9-10H,7,13H2,1-2H3,(H,15,16). The Morgan fingerprint density at radius 1 is 1.56 bits per heavy atom. The van der Waals surface area contributed by atoms with Crippen LogP contribution in [0.4, 0.5) is 0 Å². The average Bonchev–Trinajstić information content (AvgIpc) is 2.29. The van der Waals surface area contributed by atoms with Crippen LogP contribution in [0, 0.1) is 5.41 Å². The van der Waals surface area contributed by atoms with Crippen molar-refractivity contribution in [2.45, 2.75) is 32.4 Å². The van der Waals surface area contributed by atoms with E-state index in [1.165, 1.54) is 0 Å². The van der Waals surface area contributed by atoms with Gasteiger partial charge in [0.1, 0.15) is 5.69 Å². The maximum Gasteiger partial charge on any atom is 0.270 e. The van der Waals surface area contributed by atoms with Crippen molar-refractivity contribution in [3.63, 3.8) is 0 Å². The van der Waals surface area contributed by atoms with Crippen LogP contribution in [0.3, 0.4) is 0 Å². The van der Waals surface area contributed by atoms with E-state index in [9.17, 15) is 4.79 Å². The molecule has 2 rings (SSSR count). The number of carbonyl (C=O) groups excluding carboxylic acids is 1. The van der Waals surface area contributed by atoms with E-state index in [0.717, 1.165) is 6.42 Å². The molecule has 0 radical (unpaired) electrons. The molecule has 3 N–H and O–H groups in total. The lowest BCUT2D eigenvalue weighted by Crippen LogP contribution is -2.64. The molecule has 0 saturated heterocycles. The molecule has 4 heteroatoms. The van der Waals surface area contributed by atoms with E-state index in [1.54, 1.807) is 24.4 Å². The van der Waals surface area contributed by atoms with Gasteiger partial charge in [0.05, 0.1) is 0 Å². The van der Waals surface area contributed by atoms with Gasteiger partial charge in [0.15, 0.2) is 0 Å². The Kier molecular flexibility index (Phi) is 2.68. The number of carbonyl (C=O) groups is 1. The van der Waals surface area contributed by atoms with Gasteiger partial charge in [0.2, 0.25) is 0 Å². The molecule has 1 aromatic heterocycles. The second kappa shape index (κ2) is 3.87. The summed E-state index contributed by atoms with van der Waals surface area (Å²) >= 11 is 0. The first-order valence-electron chi connectivity index (χ1n) is 5.49. The highest BCUT2D eigenvalue weighted by atomic mass is 16.1. The largest absolute Gasteiger partial charge is 0.347 e. The Morgan fingerprint density at radius 2 is 2.31 bits per heavy atom. The van der Waals surface area contributed by atoms with Gasteiger partial charge < -0.3 is 11.1 Å². The summed E-state index contributed by atoms with van der Waals surface area (Å²) in [5.74, 6) is -0.120. The molecule has 1 saturated carbocycles. The van der Waals surface area contributed by atoms with Crippen molar-refractivity contribution in [2.24, 2.45) is 11.1 Å². The molecule has 1 aliphatic rings. The third kappa shape index (κ3) is 1.80. The van der Waals surface area contributed by atoms with E-state index >= 15 is 0 Å². The van der Waals surface area contributed by atoms with Crippen LogP contribution in [0.5, 0.6) is 0 Å². The number of hydrogen-bond donors (Lipinski definition) is 2. The van der Waals surface area contributed by atoms with Gasteiger partial charge in [0.25, 0.3) is 5.91 Å². The summed E-state index contributed by atoms with van der Waals surface area (Å²) in [4.78, 5) is 15.8. The summed E-state index contributed by atoms with van der Waals surface area (Å²) in [6, 6.07) is 5.62. The first kappa shape index (κ1) is 11.1. The maximum atomic E-state index is 11.8. The van der Waals surface area contributed by atoms with Crippen molar-refractivity contribution < 1.29 is 4.79 Å². The summed E-state index contributed by atoms with van der Waals surface area (Å²) in [5, 5.41) is 2.97. The fourth-order valence-corrected chi connectivity index (χ4v) is 1.93. The fraction of sp³-hybridized carbons (Fsp3) is 0.500. The zero-order valence-electron chi connectivity index (χ0n) is 9.60. The summed E-state index contributed by atoms with van der Waals surface area (Å²) < 4.78 is 0. The van der Waals surface area contributed by atoms with Gasteiger partial charge in [0, 0.05) is 23.7 Å². The van der Waals surface area contributed by atoms with E-state index in [1.807, 2.05) is 0 Å². The van der Waals surface area contributed by atoms with Crippen molar-refractivity contribution in [1.29, 1.82) is 0 Å². The number of aromatic nitrogens is 1. The average molecular weight is 219 g/mol. The van der Waals surface area contributed by atoms with Crippen molar-refractivity contribution in [3.05, 3.63) is 30.1 Å². The minimum atomic E-state index is -0.120. The Labute approximate surface area is 95.3 Å². The lowest BCUT2D eigenvalue weighted by Gasteiger charge is -2.50. The highest BCUT2D eigenvalue weighted by Gasteiger charge is 2.46. The molecule has 0 aromatic carbocycles. The van der Waals surface area contributed by atoms with Crippen LogP contribution in [0.15, 0.2) is 24.4 Å². The Bertz CT molecular complexity index is 389. The van der Waals surface area contributed by atoms with Gasteiger partial charge >= 0.3 is 0 Å². The topological polar surface area (TPSA) is 68.0 Å². The summed E-state index contributed by atoms with van der Waals surface area (Å²) in [5.41, 5.74) is 6.33. The number of rotatable bonds is 2. The van der Waals surface area contributed by atoms with E-state index < -0.39 is 0 Å². The second-order valence-electron chi connectivity index (χ2n) is 4.90. The number of nitrogens with two attached hydrogens (primary N) is 1. The molecule has 1 aromatic rings. The zero-order chi connectivity index (χ0) is 11.8. The molecule has 1 aliphatic carbocycles. The maximum absolute atomic E-state index is 11.8. The minimum Gasteiger partial charge on any atom is -0.347 e. The number of pyridine rings is 1. The van der Waals surface area contributed by atoms with Crippen LogP contribution in [-0.2, 0) is 0 Å². The second-order valence-corrected chi connectivity index (χ2v) is 4.90. The quantitative estimate of drug-likeness (QED) is 0.777. The van der Waals surface area contributed by atoms with Crippen LogP contribution in [0.2, 0.25) is 0 Å². The Hall–Kier alpha value is -1.42. The van der Waals surface area contributed by atoms with Gasteiger partial charge in [-0.25, -0.2) is 0 Å². The van der Waals surface area contributed by atoms with Crippen LogP contribution in [0.1, 0.15) is 30.8 Å². The molecule has 0 spiro atoms. The van der Waals surface area contributed by atoms with E-state index in [2.05, 4.69) is 24.1 Å². The van der Waals surface area contributed by atoms with Gasteiger partial charge in [-0.05, 0) is 18.6 Å². The number of nitrogens with one attached hydrogen (secondary N) is 1. The lowest BCUT2D eigenvalue weighted by molar-refractivity contribution is 0.0583. The van der Waals surface area contributed by atoms with Crippen LogP contribution >= 0.6 is 0 Å². The van der Waals surface area contributed by atoms with Crippen molar-refractivity contribution >= 4 is 5.91 Å². The van der Waals surface area contributed by atoms with Gasteiger partial charge in [-0.1, -0.05) is 19.9 Å². The molecule has 4 nitrogen and oxygen atoms in total. The molecule has 2 unspecified atom stereocenters. The molecule has 1 amide bonds. The Balaban J connectivity index is 2.00. The molecular weight excluding hydrogens is 202 g/mol. The predicted octanol–water partition coefficient (Wildman–Crippen LogP) is 0.937. The van der Waals surface area contributed by atoms with Gasteiger partial charge in [-0.3, -0.25) is 9.78 Å². The molecule has 2 atom stereocenters. The first-order valence-corrected chi connectivity index (χ1v) is 5.49. The molecule has 16 heavy (non-hydrogen) atoms. The van der Waals surface area contributed by atoms with Gasteiger partial charge in [-0.15, -0.1) is 0 Å². The predicted molar refractivity (Wildman–Crippen MR) is 61.9 cm³/mol. The molecule has 1 fully saturated rings. The van der Waals surface area contributed by atoms with Crippen LogP contribution in [0.25, 0.3) is 0 Å². The van der Waals surface area contributed by atoms with Crippen molar-refractivity contribution in [2.75, 3.05) is 0 Å². The van der Waals surface area contributed by atoms with E-state index in [0.29, 0.717) is 5.69 Å². The lowest BCUT2D eigenvalue weighted by atomic mass is 9.63. The normalized spacial score (nSPS) is 26.9. The Morgan fingerprint density at radius 3 is 2.81 bits per heavy atom. The first-order chi connectivity index (χ1) is 7.51. The highest BCUT2D eigenvalue weighted by Crippen LogP contribution is 2.39. The smallest absolute Gasteiger partial charge is 0.270 e. The number of amides is 1. The third-order valence-corrected chi connectivity index (χ3v) is 3.55. The molecular formula is C12H17N3O.